The lowest BCUT2D eigenvalue weighted by molar-refractivity contribution is 0.199. The Kier molecular flexibility index (Phi) is 6.40. The van der Waals surface area contributed by atoms with Gasteiger partial charge < -0.3 is 9.30 Å². The number of ether oxygens (including phenoxy) is 1. The molecule has 0 aliphatic heterocycles. The van der Waals surface area contributed by atoms with Gasteiger partial charge >= 0.3 is 0 Å². The van der Waals surface area contributed by atoms with Crippen LogP contribution in [-0.4, -0.2) is 48.2 Å². The molecule has 0 aromatic carbocycles. The molecule has 0 radical (unpaired) electrons. The lowest BCUT2D eigenvalue weighted by Crippen LogP contribution is -2.09. The normalized spacial score (nSPS) is 12.5. The summed E-state index contributed by atoms with van der Waals surface area (Å²) in [7, 11) is 0.545. The van der Waals surface area contributed by atoms with Crippen molar-refractivity contribution in [2.75, 3.05) is 19.5 Å². The van der Waals surface area contributed by atoms with Crippen molar-refractivity contribution >= 4 is 21.8 Å². The first-order valence-electron chi connectivity index (χ1n) is 8.64. The molecule has 3 rings (SSSR count). The molecule has 0 fully saturated rings. The molecule has 0 spiro atoms. The van der Waals surface area contributed by atoms with Gasteiger partial charge in [0.25, 0.3) is 0 Å². The van der Waals surface area contributed by atoms with Gasteiger partial charge in [0, 0.05) is 44.4 Å². The lowest BCUT2D eigenvalue weighted by Gasteiger charge is -2.10. The average Bonchev–Trinajstić information content (AvgIpc) is 3.03. The summed E-state index contributed by atoms with van der Waals surface area (Å²) in [5.74, 6) is 1.57. The van der Waals surface area contributed by atoms with Crippen molar-refractivity contribution in [3.8, 4) is 0 Å². The van der Waals surface area contributed by atoms with E-state index in [0.29, 0.717) is 17.5 Å². The van der Waals surface area contributed by atoms with E-state index in [-0.39, 0.29) is 0 Å². The summed E-state index contributed by atoms with van der Waals surface area (Å²) < 4.78 is 19.7. The number of fused-ring (bicyclic) bond motifs is 1. The van der Waals surface area contributed by atoms with Gasteiger partial charge in [-0.25, -0.2) is 15.0 Å². The van der Waals surface area contributed by atoms with Gasteiger partial charge in [-0.05, 0) is 31.4 Å². The zero-order valence-electron chi connectivity index (χ0n) is 15.1. The first-order valence-corrected chi connectivity index (χ1v) is 9.96. The minimum absolute atomic E-state index is 0.406. The van der Waals surface area contributed by atoms with Crippen molar-refractivity contribution in [3.05, 3.63) is 42.2 Å². The van der Waals surface area contributed by atoms with Crippen LogP contribution < -0.4 is 0 Å². The number of rotatable bonds is 9. The van der Waals surface area contributed by atoms with E-state index in [1.54, 1.807) is 31.8 Å². The van der Waals surface area contributed by atoms with E-state index in [2.05, 4.69) is 26.4 Å². The molecule has 26 heavy (non-hydrogen) atoms. The second kappa shape index (κ2) is 8.95. The molecule has 1 unspecified atom stereocenters. The molecule has 1 atom stereocenters. The fraction of sp³-hybridized carbons (Fsp3) is 0.444. The van der Waals surface area contributed by atoms with Gasteiger partial charge in [0.15, 0.2) is 0 Å². The molecular weight excluding hydrogens is 350 g/mol. The van der Waals surface area contributed by atoms with Crippen molar-refractivity contribution < 1.29 is 8.95 Å². The van der Waals surface area contributed by atoms with Gasteiger partial charge in [-0.1, -0.05) is 0 Å². The van der Waals surface area contributed by atoms with Crippen LogP contribution in [-0.2, 0) is 28.5 Å². The number of pyridine rings is 1. The van der Waals surface area contributed by atoms with Crippen LogP contribution in [0.3, 0.4) is 0 Å². The van der Waals surface area contributed by atoms with Crippen LogP contribution in [0.1, 0.15) is 24.2 Å². The smallest absolute Gasteiger partial charge is 0.218 e. The van der Waals surface area contributed by atoms with E-state index >= 15 is 0 Å². The Morgan fingerprint density at radius 2 is 2.00 bits per heavy atom. The van der Waals surface area contributed by atoms with E-state index in [1.807, 2.05) is 6.20 Å². The molecule has 7 nitrogen and oxygen atoms in total. The number of unbranched alkanes of at least 4 members (excludes halogenated alkanes) is 1. The third-order valence-corrected chi connectivity index (χ3v) is 5.43. The zero-order valence-corrected chi connectivity index (χ0v) is 15.9. The Morgan fingerprint density at radius 1 is 1.19 bits per heavy atom. The topological polar surface area (TPSA) is 82.8 Å². The molecule has 8 heteroatoms. The largest absolute Gasteiger partial charge is 0.384 e. The van der Waals surface area contributed by atoms with Crippen molar-refractivity contribution in [3.63, 3.8) is 0 Å². The molecule has 3 aromatic heterocycles. The highest BCUT2D eigenvalue weighted by Crippen LogP contribution is 2.20. The zero-order chi connectivity index (χ0) is 18.4. The van der Waals surface area contributed by atoms with Crippen molar-refractivity contribution in [2.24, 2.45) is 0 Å². The van der Waals surface area contributed by atoms with Crippen LogP contribution in [0.15, 0.2) is 36.0 Å². The predicted molar refractivity (Wildman–Crippen MR) is 100 cm³/mol. The Hall–Kier alpha value is -2.19. The SMILES string of the molecule is COCCc1nc2cncc(C)c2n1CCCCS(=O)c1ncccn1. The predicted octanol–water partition coefficient (Wildman–Crippen LogP) is 2.31. The average molecular weight is 373 g/mol. The van der Waals surface area contributed by atoms with E-state index in [0.717, 1.165) is 48.2 Å². The minimum Gasteiger partial charge on any atom is -0.384 e. The van der Waals surface area contributed by atoms with Gasteiger partial charge in [-0.2, -0.15) is 0 Å². The number of aromatic nitrogens is 5. The second-order valence-electron chi connectivity index (χ2n) is 6.03. The number of nitrogens with zero attached hydrogens (tertiary/aromatic N) is 5. The summed E-state index contributed by atoms with van der Waals surface area (Å²) in [5.41, 5.74) is 3.15. The number of hydrogen-bond donors (Lipinski definition) is 0. The highest BCUT2D eigenvalue weighted by molar-refractivity contribution is 7.84. The first-order chi connectivity index (χ1) is 12.7. The Morgan fingerprint density at radius 3 is 2.77 bits per heavy atom. The summed E-state index contributed by atoms with van der Waals surface area (Å²) in [6.45, 7) is 3.51. The number of aryl methyl sites for hydroxylation is 2. The van der Waals surface area contributed by atoms with Crippen LogP contribution in [0.5, 0.6) is 0 Å². The summed E-state index contributed by atoms with van der Waals surface area (Å²) in [6, 6.07) is 1.73. The van der Waals surface area contributed by atoms with E-state index in [1.165, 1.54) is 0 Å². The fourth-order valence-electron chi connectivity index (χ4n) is 2.93. The quantitative estimate of drug-likeness (QED) is 0.423. The molecule has 3 aromatic rings. The van der Waals surface area contributed by atoms with Crippen LogP contribution in [0.25, 0.3) is 11.0 Å². The molecule has 0 N–H and O–H groups in total. The third kappa shape index (κ3) is 4.31. The maximum absolute atomic E-state index is 12.2. The summed E-state index contributed by atoms with van der Waals surface area (Å²) in [4.78, 5) is 17.1. The second-order valence-corrected chi connectivity index (χ2v) is 7.50. The van der Waals surface area contributed by atoms with Crippen LogP contribution >= 0.6 is 0 Å². The minimum atomic E-state index is -1.15. The Balaban J connectivity index is 1.67. The van der Waals surface area contributed by atoms with Gasteiger partial charge in [-0.15, -0.1) is 0 Å². The van der Waals surface area contributed by atoms with Gasteiger partial charge in [0.2, 0.25) is 5.16 Å². The molecule has 3 heterocycles. The van der Waals surface area contributed by atoms with Crippen LogP contribution in [0.2, 0.25) is 0 Å². The molecule has 0 saturated heterocycles. The van der Waals surface area contributed by atoms with Crippen LogP contribution in [0.4, 0.5) is 0 Å². The summed E-state index contributed by atoms with van der Waals surface area (Å²) in [6.07, 6.45) is 9.41. The first kappa shape index (κ1) is 18.6. The maximum Gasteiger partial charge on any atom is 0.218 e. The highest BCUT2D eigenvalue weighted by Gasteiger charge is 2.13. The molecular formula is C18H23N5O2S. The van der Waals surface area contributed by atoms with Gasteiger partial charge in [-0.3, -0.25) is 9.19 Å². The monoisotopic (exact) mass is 373 g/mol. The highest BCUT2D eigenvalue weighted by atomic mass is 32.2. The lowest BCUT2D eigenvalue weighted by atomic mass is 10.2. The van der Waals surface area contributed by atoms with Gasteiger partial charge in [0.1, 0.15) is 11.3 Å². The number of imidazole rings is 1. The van der Waals surface area contributed by atoms with Crippen molar-refractivity contribution in [1.82, 2.24) is 24.5 Å². The molecule has 138 valence electrons. The molecule has 0 aliphatic carbocycles. The van der Waals surface area contributed by atoms with E-state index in [9.17, 15) is 4.21 Å². The maximum atomic E-state index is 12.2. The standard InChI is InChI=1S/C18H23N5O2S/c1-14-12-19-13-15-17(14)23(16(22-15)6-10-25-2)9-3-4-11-26(24)18-20-7-5-8-21-18/h5,7-8,12-13H,3-4,6,9-11H2,1-2H3. The molecule has 0 aliphatic rings. The number of methoxy groups -OCH3 is 1. The Labute approximate surface area is 155 Å². The van der Waals surface area contributed by atoms with E-state index < -0.39 is 10.8 Å². The summed E-state index contributed by atoms with van der Waals surface area (Å²) >= 11 is 0. The third-order valence-electron chi connectivity index (χ3n) is 4.15. The van der Waals surface area contributed by atoms with Crippen LogP contribution in [0, 0.1) is 6.92 Å². The fourth-order valence-corrected chi connectivity index (χ4v) is 3.93. The summed E-state index contributed by atoms with van der Waals surface area (Å²) in [5, 5.41) is 0.406. The van der Waals surface area contributed by atoms with Gasteiger partial charge in [0.05, 0.1) is 29.1 Å². The van der Waals surface area contributed by atoms with Crippen molar-refractivity contribution in [2.45, 2.75) is 37.9 Å². The molecule has 0 saturated carbocycles. The van der Waals surface area contributed by atoms with E-state index in [4.69, 9.17) is 9.72 Å². The number of hydrogen-bond acceptors (Lipinski definition) is 6. The van der Waals surface area contributed by atoms with Crippen molar-refractivity contribution in [1.29, 1.82) is 0 Å². The Bertz CT molecular complexity index is 882. The molecule has 0 amide bonds. The molecule has 0 bridgehead atoms.